The van der Waals surface area contributed by atoms with Crippen LogP contribution in [0.5, 0.6) is 0 Å². The molecule has 5 nitrogen and oxygen atoms in total. The third-order valence-corrected chi connectivity index (χ3v) is 3.22. The van der Waals surface area contributed by atoms with Crippen LogP contribution in [0.4, 0.5) is 0 Å². The number of amides is 2. The highest BCUT2D eigenvalue weighted by molar-refractivity contribution is 6.30. The maximum Gasteiger partial charge on any atom is 0.251 e. The van der Waals surface area contributed by atoms with Crippen LogP contribution >= 0.6 is 11.6 Å². The van der Waals surface area contributed by atoms with Crippen LogP contribution in [0.2, 0.25) is 5.02 Å². The Morgan fingerprint density at radius 1 is 1.24 bits per heavy atom. The van der Waals surface area contributed by atoms with E-state index in [0.29, 0.717) is 17.0 Å². The fourth-order valence-electron chi connectivity index (χ4n) is 1.84. The minimum Gasteiger partial charge on any atom is -0.388 e. The summed E-state index contributed by atoms with van der Waals surface area (Å²) < 4.78 is 0. The second kappa shape index (κ2) is 8.00. The zero-order chi connectivity index (χ0) is 15.9. The highest BCUT2D eigenvalue weighted by Crippen LogP contribution is 2.10. The minimum absolute atomic E-state index is 0.135. The normalized spacial score (nSPS) is 13.3. The summed E-state index contributed by atoms with van der Waals surface area (Å²) >= 11 is 5.73. The van der Waals surface area contributed by atoms with E-state index >= 15 is 0 Å². The van der Waals surface area contributed by atoms with Gasteiger partial charge in [-0.05, 0) is 37.6 Å². The Labute approximate surface area is 129 Å². The van der Waals surface area contributed by atoms with Gasteiger partial charge >= 0.3 is 0 Å². The van der Waals surface area contributed by atoms with Gasteiger partial charge in [-0.3, -0.25) is 9.59 Å². The molecule has 0 saturated carbocycles. The lowest BCUT2D eigenvalue weighted by Crippen LogP contribution is -2.44. The Morgan fingerprint density at radius 3 is 2.43 bits per heavy atom. The van der Waals surface area contributed by atoms with Crippen molar-refractivity contribution in [1.29, 1.82) is 0 Å². The lowest BCUT2D eigenvalue weighted by atomic mass is 10.0. The van der Waals surface area contributed by atoms with Crippen molar-refractivity contribution in [3.63, 3.8) is 0 Å². The van der Waals surface area contributed by atoms with E-state index in [4.69, 9.17) is 11.6 Å². The summed E-state index contributed by atoms with van der Waals surface area (Å²) in [5.41, 5.74) is -0.491. The summed E-state index contributed by atoms with van der Waals surface area (Å²) in [6, 6.07) is 6.39. The molecular formula is C15H21ClN2O3. The summed E-state index contributed by atoms with van der Waals surface area (Å²) in [6.07, 6.45) is 1.43. The van der Waals surface area contributed by atoms with Crippen molar-refractivity contribution >= 4 is 23.4 Å². The molecular weight excluding hydrogens is 292 g/mol. The first kappa shape index (κ1) is 17.5. The van der Waals surface area contributed by atoms with E-state index in [1.807, 2.05) is 6.92 Å². The lowest BCUT2D eigenvalue weighted by Gasteiger charge is -2.22. The Kier molecular flexibility index (Phi) is 6.65. The second-order valence-corrected chi connectivity index (χ2v) is 5.65. The van der Waals surface area contributed by atoms with Gasteiger partial charge in [0.1, 0.15) is 0 Å². The van der Waals surface area contributed by atoms with Crippen molar-refractivity contribution in [1.82, 2.24) is 10.6 Å². The van der Waals surface area contributed by atoms with E-state index in [1.54, 1.807) is 31.2 Å². The van der Waals surface area contributed by atoms with Gasteiger partial charge in [-0.2, -0.15) is 0 Å². The molecule has 1 rings (SSSR count). The van der Waals surface area contributed by atoms with E-state index in [2.05, 4.69) is 10.6 Å². The monoisotopic (exact) mass is 312 g/mol. The first-order valence-electron chi connectivity index (χ1n) is 6.87. The number of aliphatic hydroxyl groups is 1. The van der Waals surface area contributed by atoms with Gasteiger partial charge in [0, 0.05) is 17.1 Å². The van der Waals surface area contributed by atoms with E-state index < -0.39 is 5.60 Å². The lowest BCUT2D eigenvalue weighted by molar-refractivity contribution is -0.121. The number of carbonyl (C=O) groups is 2. The van der Waals surface area contributed by atoms with E-state index in [1.165, 1.54) is 0 Å². The first-order valence-corrected chi connectivity index (χ1v) is 7.25. The molecule has 21 heavy (non-hydrogen) atoms. The first-order chi connectivity index (χ1) is 9.84. The van der Waals surface area contributed by atoms with Crippen LogP contribution in [0, 0.1) is 0 Å². The summed E-state index contributed by atoms with van der Waals surface area (Å²) in [4.78, 5) is 23.4. The molecule has 2 amide bonds. The quantitative estimate of drug-likeness (QED) is 0.717. The average molecular weight is 313 g/mol. The average Bonchev–Trinajstić information content (AvgIpc) is 2.43. The standard InChI is InChI=1S/C15H21ClN2O3/c1-3-8-15(2,21)10-18-13(19)9-17-14(20)11-4-6-12(16)7-5-11/h4-7,21H,3,8-10H2,1-2H3,(H,17,20)(H,18,19). The van der Waals surface area contributed by atoms with Gasteiger partial charge in [0.25, 0.3) is 5.91 Å². The molecule has 1 unspecified atom stereocenters. The maximum atomic E-state index is 11.8. The highest BCUT2D eigenvalue weighted by atomic mass is 35.5. The van der Waals surface area contributed by atoms with Gasteiger partial charge in [-0.25, -0.2) is 0 Å². The Hall–Kier alpha value is -1.59. The number of nitrogens with one attached hydrogen (secondary N) is 2. The molecule has 3 N–H and O–H groups in total. The molecule has 6 heteroatoms. The Morgan fingerprint density at radius 2 is 1.86 bits per heavy atom. The molecule has 0 fully saturated rings. The molecule has 0 aliphatic heterocycles. The van der Waals surface area contributed by atoms with Crippen LogP contribution in [-0.4, -0.2) is 35.6 Å². The van der Waals surface area contributed by atoms with Gasteiger partial charge in [-0.1, -0.05) is 24.9 Å². The van der Waals surface area contributed by atoms with Crippen LogP contribution in [0.25, 0.3) is 0 Å². The van der Waals surface area contributed by atoms with Crippen molar-refractivity contribution < 1.29 is 14.7 Å². The third kappa shape index (κ3) is 6.60. The van der Waals surface area contributed by atoms with Gasteiger partial charge in [0.05, 0.1) is 12.1 Å². The maximum absolute atomic E-state index is 11.8. The fourth-order valence-corrected chi connectivity index (χ4v) is 1.97. The smallest absolute Gasteiger partial charge is 0.251 e. The summed E-state index contributed by atoms with van der Waals surface area (Å²) in [5, 5.41) is 15.6. The topological polar surface area (TPSA) is 78.4 Å². The van der Waals surface area contributed by atoms with Gasteiger partial charge < -0.3 is 15.7 Å². The molecule has 0 spiro atoms. The SMILES string of the molecule is CCCC(C)(O)CNC(=O)CNC(=O)c1ccc(Cl)cc1. The van der Waals surface area contributed by atoms with Crippen molar-refractivity contribution in [3.05, 3.63) is 34.9 Å². The third-order valence-electron chi connectivity index (χ3n) is 2.97. The van der Waals surface area contributed by atoms with Crippen LogP contribution in [0.15, 0.2) is 24.3 Å². The number of benzene rings is 1. The molecule has 116 valence electrons. The zero-order valence-corrected chi connectivity index (χ0v) is 13.0. The predicted molar refractivity (Wildman–Crippen MR) is 82.3 cm³/mol. The molecule has 0 radical (unpaired) electrons. The molecule has 0 bridgehead atoms. The van der Waals surface area contributed by atoms with E-state index in [0.717, 1.165) is 6.42 Å². The molecule has 0 heterocycles. The van der Waals surface area contributed by atoms with Crippen molar-refractivity contribution in [2.24, 2.45) is 0 Å². The minimum atomic E-state index is -0.926. The van der Waals surface area contributed by atoms with Crippen LogP contribution < -0.4 is 10.6 Å². The summed E-state index contributed by atoms with van der Waals surface area (Å²) in [7, 11) is 0. The van der Waals surface area contributed by atoms with E-state index in [9.17, 15) is 14.7 Å². The molecule has 0 aliphatic rings. The van der Waals surface area contributed by atoms with Crippen LogP contribution in [0.3, 0.4) is 0 Å². The van der Waals surface area contributed by atoms with Crippen LogP contribution in [-0.2, 0) is 4.79 Å². The van der Waals surface area contributed by atoms with Gasteiger partial charge in [0.15, 0.2) is 0 Å². The Bertz CT molecular complexity index is 486. The molecule has 0 saturated heterocycles. The molecule has 0 aliphatic carbocycles. The van der Waals surface area contributed by atoms with Crippen molar-refractivity contribution in [2.75, 3.05) is 13.1 Å². The molecule has 1 aromatic carbocycles. The van der Waals surface area contributed by atoms with Gasteiger partial charge in [0.2, 0.25) is 5.91 Å². The number of hydrogen-bond donors (Lipinski definition) is 3. The molecule has 1 aromatic rings. The van der Waals surface area contributed by atoms with Gasteiger partial charge in [-0.15, -0.1) is 0 Å². The van der Waals surface area contributed by atoms with Crippen molar-refractivity contribution in [3.8, 4) is 0 Å². The fraction of sp³-hybridized carbons (Fsp3) is 0.467. The van der Waals surface area contributed by atoms with Crippen LogP contribution in [0.1, 0.15) is 37.0 Å². The molecule has 1 atom stereocenters. The predicted octanol–water partition coefficient (Wildman–Crippen LogP) is 1.74. The van der Waals surface area contributed by atoms with Crippen molar-refractivity contribution in [2.45, 2.75) is 32.3 Å². The second-order valence-electron chi connectivity index (χ2n) is 5.21. The summed E-state index contributed by atoms with van der Waals surface area (Å²) in [5.74, 6) is -0.684. The number of rotatable bonds is 7. The number of carbonyl (C=O) groups excluding carboxylic acids is 2. The largest absolute Gasteiger partial charge is 0.388 e. The summed E-state index contributed by atoms with van der Waals surface area (Å²) in [6.45, 7) is 3.66. The number of hydrogen-bond acceptors (Lipinski definition) is 3. The molecule has 0 aromatic heterocycles. The van der Waals surface area contributed by atoms with E-state index in [-0.39, 0.29) is 24.9 Å². The number of halogens is 1. The Balaban J connectivity index is 2.36. The highest BCUT2D eigenvalue weighted by Gasteiger charge is 2.19. The zero-order valence-electron chi connectivity index (χ0n) is 12.3.